The fourth-order valence-corrected chi connectivity index (χ4v) is 2.73. The molecular weight excluding hydrogens is 310 g/mol. The van der Waals surface area contributed by atoms with Crippen molar-refractivity contribution < 1.29 is 14.1 Å². The number of rotatable bonds is 5. The van der Waals surface area contributed by atoms with Crippen molar-refractivity contribution in [1.82, 2.24) is 24.8 Å². The lowest BCUT2D eigenvalue weighted by Gasteiger charge is -2.31. The number of carbonyl (C=O) groups excluding carboxylic acids is 1. The average Bonchev–Trinajstić information content (AvgIpc) is 3.29. The zero-order valence-electron chi connectivity index (χ0n) is 14.3. The van der Waals surface area contributed by atoms with Gasteiger partial charge in [0.1, 0.15) is 12.4 Å². The first-order valence-electron chi connectivity index (χ1n) is 8.39. The molecule has 1 amide bonds. The number of aryl methyl sites for hydroxylation is 1. The van der Waals surface area contributed by atoms with Gasteiger partial charge in [0, 0.05) is 25.1 Å². The zero-order valence-corrected chi connectivity index (χ0v) is 14.3. The molecule has 0 radical (unpaired) electrons. The average molecular weight is 333 g/mol. The normalized spacial score (nSPS) is 19.5. The second-order valence-electron chi connectivity index (χ2n) is 6.01. The Morgan fingerprint density at radius 1 is 1.46 bits per heavy atom. The molecule has 2 aromatic heterocycles. The minimum absolute atomic E-state index is 0.159. The van der Waals surface area contributed by atoms with Gasteiger partial charge in [0.05, 0.1) is 18.8 Å². The number of amides is 1. The lowest BCUT2D eigenvalue weighted by Crippen LogP contribution is -2.42. The molecule has 0 N–H and O–H groups in total. The Hall–Kier alpha value is -2.22. The van der Waals surface area contributed by atoms with Crippen LogP contribution in [0.1, 0.15) is 61.3 Å². The van der Waals surface area contributed by atoms with Crippen LogP contribution in [0, 0.1) is 0 Å². The fraction of sp³-hybridized carbons (Fsp3) is 0.625. The molecule has 8 nitrogen and oxygen atoms in total. The van der Waals surface area contributed by atoms with E-state index in [0.717, 1.165) is 24.5 Å². The Bertz CT molecular complexity index is 695. The molecule has 8 heteroatoms. The third-order valence-electron chi connectivity index (χ3n) is 4.48. The summed E-state index contributed by atoms with van der Waals surface area (Å²) in [7, 11) is 0. The molecule has 0 aromatic carbocycles. The molecule has 3 heterocycles. The van der Waals surface area contributed by atoms with Crippen molar-refractivity contribution in [1.29, 1.82) is 0 Å². The molecule has 130 valence electrons. The van der Waals surface area contributed by atoms with E-state index in [2.05, 4.69) is 29.2 Å². The van der Waals surface area contributed by atoms with E-state index in [-0.39, 0.29) is 23.7 Å². The van der Waals surface area contributed by atoms with E-state index >= 15 is 0 Å². The van der Waals surface area contributed by atoms with E-state index < -0.39 is 0 Å². The highest BCUT2D eigenvalue weighted by molar-refractivity contribution is 5.91. The molecule has 1 aliphatic rings. The highest BCUT2D eigenvalue weighted by atomic mass is 16.5. The summed E-state index contributed by atoms with van der Waals surface area (Å²) in [5, 5.41) is 12.1. The summed E-state index contributed by atoms with van der Waals surface area (Å²) in [6.07, 6.45) is 2.35. The zero-order chi connectivity index (χ0) is 17.1. The lowest BCUT2D eigenvalue weighted by molar-refractivity contribution is -0.0294. The molecule has 1 saturated heterocycles. The standard InChI is InChI=1S/C16H23N5O3/c1-4-11(3)12-8-13(24-19-12)16(22)21-6-7-23-14(9-21)15-18-17-10-20(15)5-2/h8,10-11,14H,4-7,9H2,1-3H3/t11-,14-/m0/s1. The number of ether oxygens (including phenoxy) is 1. The molecule has 0 saturated carbocycles. The fourth-order valence-electron chi connectivity index (χ4n) is 2.73. The van der Waals surface area contributed by atoms with Crippen molar-refractivity contribution >= 4 is 5.91 Å². The Labute approximate surface area is 140 Å². The largest absolute Gasteiger partial charge is 0.366 e. The van der Waals surface area contributed by atoms with E-state index in [1.54, 1.807) is 17.3 Å². The summed E-state index contributed by atoms with van der Waals surface area (Å²) < 4.78 is 13.0. The molecular formula is C16H23N5O3. The minimum atomic E-state index is -0.276. The summed E-state index contributed by atoms with van der Waals surface area (Å²) in [4.78, 5) is 14.4. The van der Waals surface area contributed by atoms with Gasteiger partial charge < -0.3 is 18.7 Å². The van der Waals surface area contributed by atoms with Crippen LogP contribution in [0.25, 0.3) is 0 Å². The number of aromatic nitrogens is 4. The Morgan fingerprint density at radius 3 is 3.04 bits per heavy atom. The monoisotopic (exact) mass is 333 g/mol. The molecule has 0 spiro atoms. The van der Waals surface area contributed by atoms with Gasteiger partial charge in [-0.15, -0.1) is 10.2 Å². The predicted molar refractivity (Wildman–Crippen MR) is 85.5 cm³/mol. The van der Waals surface area contributed by atoms with Crippen molar-refractivity contribution in [2.75, 3.05) is 19.7 Å². The van der Waals surface area contributed by atoms with E-state index in [9.17, 15) is 4.79 Å². The van der Waals surface area contributed by atoms with Crippen LogP contribution in [-0.4, -0.2) is 50.4 Å². The lowest BCUT2D eigenvalue weighted by atomic mass is 10.1. The van der Waals surface area contributed by atoms with Crippen molar-refractivity contribution in [2.24, 2.45) is 0 Å². The third-order valence-corrected chi connectivity index (χ3v) is 4.48. The third kappa shape index (κ3) is 3.19. The Kier molecular flexibility index (Phi) is 4.94. The summed E-state index contributed by atoms with van der Waals surface area (Å²) in [6, 6.07) is 1.75. The molecule has 24 heavy (non-hydrogen) atoms. The van der Waals surface area contributed by atoms with E-state index in [1.807, 2.05) is 11.5 Å². The summed E-state index contributed by atoms with van der Waals surface area (Å²) in [5.41, 5.74) is 0.816. The first-order chi connectivity index (χ1) is 11.6. The van der Waals surface area contributed by atoms with Crippen LogP contribution in [-0.2, 0) is 11.3 Å². The maximum absolute atomic E-state index is 12.7. The molecule has 0 aliphatic carbocycles. The van der Waals surface area contributed by atoms with Gasteiger partial charge in [0.15, 0.2) is 5.82 Å². The SMILES string of the molecule is CC[C@H](C)c1cc(C(=O)N2CCO[C@H](c3nncn3CC)C2)on1. The highest BCUT2D eigenvalue weighted by Gasteiger charge is 2.31. The van der Waals surface area contributed by atoms with Gasteiger partial charge in [-0.1, -0.05) is 19.0 Å². The van der Waals surface area contributed by atoms with Gasteiger partial charge in [-0.05, 0) is 13.3 Å². The van der Waals surface area contributed by atoms with Gasteiger partial charge in [-0.3, -0.25) is 4.79 Å². The van der Waals surface area contributed by atoms with Crippen molar-refractivity contribution in [3.05, 3.63) is 29.7 Å². The molecule has 2 atom stereocenters. The maximum Gasteiger partial charge on any atom is 0.292 e. The van der Waals surface area contributed by atoms with Gasteiger partial charge >= 0.3 is 0 Å². The first kappa shape index (κ1) is 16.6. The van der Waals surface area contributed by atoms with Gasteiger partial charge in [-0.2, -0.15) is 0 Å². The van der Waals surface area contributed by atoms with Crippen LogP contribution < -0.4 is 0 Å². The summed E-state index contributed by atoms with van der Waals surface area (Å²) in [6.45, 7) is 8.33. The number of hydrogen-bond donors (Lipinski definition) is 0. The van der Waals surface area contributed by atoms with Crippen LogP contribution in [0.15, 0.2) is 16.9 Å². The quantitative estimate of drug-likeness (QED) is 0.832. The topological polar surface area (TPSA) is 86.3 Å². The van der Waals surface area contributed by atoms with Crippen molar-refractivity contribution in [3.63, 3.8) is 0 Å². The molecule has 2 aromatic rings. The maximum atomic E-state index is 12.7. The van der Waals surface area contributed by atoms with Gasteiger partial charge in [0.25, 0.3) is 5.91 Å². The number of carbonyl (C=O) groups is 1. The highest BCUT2D eigenvalue weighted by Crippen LogP contribution is 2.23. The number of nitrogens with zero attached hydrogens (tertiary/aromatic N) is 5. The van der Waals surface area contributed by atoms with E-state index in [1.165, 1.54) is 0 Å². The van der Waals surface area contributed by atoms with Crippen molar-refractivity contribution in [3.8, 4) is 0 Å². The van der Waals surface area contributed by atoms with Crippen LogP contribution >= 0.6 is 0 Å². The summed E-state index contributed by atoms with van der Waals surface area (Å²) >= 11 is 0. The van der Waals surface area contributed by atoms with Gasteiger partial charge in [0.2, 0.25) is 5.76 Å². The second kappa shape index (κ2) is 7.12. The predicted octanol–water partition coefficient (Wildman–Crippen LogP) is 2.01. The smallest absolute Gasteiger partial charge is 0.292 e. The number of morpholine rings is 1. The van der Waals surface area contributed by atoms with Gasteiger partial charge in [-0.25, -0.2) is 0 Å². The molecule has 1 aliphatic heterocycles. The van der Waals surface area contributed by atoms with E-state index in [4.69, 9.17) is 9.26 Å². The van der Waals surface area contributed by atoms with Crippen LogP contribution in [0.4, 0.5) is 0 Å². The molecule has 0 unspecified atom stereocenters. The first-order valence-corrected chi connectivity index (χ1v) is 8.39. The van der Waals surface area contributed by atoms with Crippen molar-refractivity contribution in [2.45, 2.75) is 45.8 Å². The van der Waals surface area contributed by atoms with Crippen LogP contribution in [0.3, 0.4) is 0 Å². The Balaban J connectivity index is 1.72. The Morgan fingerprint density at radius 2 is 2.29 bits per heavy atom. The van der Waals surface area contributed by atoms with E-state index in [0.29, 0.717) is 19.7 Å². The minimum Gasteiger partial charge on any atom is -0.366 e. The molecule has 1 fully saturated rings. The second-order valence-corrected chi connectivity index (χ2v) is 6.01. The number of hydrogen-bond acceptors (Lipinski definition) is 6. The van der Waals surface area contributed by atoms with Crippen LogP contribution in [0.5, 0.6) is 0 Å². The summed E-state index contributed by atoms with van der Waals surface area (Å²) in [5.74, 6) is 1.14. The molecule has 3 rings (SSSR count). The molecule has 0 bridgehead atoms. The van der Waals surface area contributed by atoms with Crippen LogP contribution in [0.2, 0.25) is 0 Å².